The Morgan fingerprint density at radius 2 is 1.80 bits per heavy atom. The number of ether oxygens (including phenoxy) is 1. The zero-order valence-corrected chi connectivity index (χ0v) is 17.3. The van der Waals surface area contributed by atoms with E-state index < -0.39 is 21.9 Å². The van der Waals surface area contributed by atoms with E-state index in [1.54, 1.807) is 24.3 Å². The largest absolute Gasteiger partial charge is 0.468 e. The summed E-state index contributed by atoms with van der Waals surface area (Å²) in [6.45, 7) is -0.589. The van der Waals surface area contributed by atoms with Crippen molar-refractivity contribution in [3.05, 3.63) is 54.4 Å². The lowest BCUT2D eigenvalue weighted by molar-refractivity contribution is -0.141. The Hall–Kier alpha value is -3.31. The molecule has 0 fully saturated rings. The number of amides is 2. The normalized spacial score (nSPS) is 11.0. The number of nitrogens with zero attached hydrogens (tertiary/aromatic N) is 2. The van der Waals surface area contributed by atoms with Crippen molar-refractivity contribution in [1.82, 2.24) is 14.6 Å². The van der Waals surface area contributed by atoms with Crippen molar-refractivity contribution in [1.29, 1.82) is 0 Å². The van der Waals surface area contributed by atoms with Crippen molar-refractivity contribution in [3.8, 4) is 0 Å². The van der Waals surface area contributed by atoms with Crippen LogP contribution in [-0.2, 0) is 35.6 Å². The van der Waals surface area contributed by atoms with Gasteiger partial charge in [-0.3, -0.25) is 19.4 Å². The van der Waals surface area contributed by atoms with Crippen LogP contribution in [0.15, 0.2) is 53.7 Å². The number of aromatic nitrogens is 1. The van der Waals surface area contributed by atoms with Crippen molar-refractivity contribution < 1.29 is 27.5 Å². The molecule has 160 valence electrons. The molecule has 0 aliphatic carbocycles. The fourth-order valence-electron chi connectivity index (χ4n) is 2.36. The van der Waals surface area contributed by atoms with Gasteiger partial charge in [-0.25, -0.2) is 8.42 Å². The van der Waals surface area contributed by atoms with E-state index in [0.717, 1.165) is 4.31 Å². The van der Waals surface area contributed by atoms with Crippen LogP contribution in [-0.4, -0.2) is 62.7 Å². The number of carbonyl (C=O) groups is 3. The van der Waals surface area contributed by atoms with E-state index in [9.17, 15) is 22.8 Å². The SMILES string of the molecule is COC(=O)CNC(=O)Cc1ccc(NC(=O)CN(C)S(=O)(=O)c2cccnc2)cc1. The first kappa shape index (κ1) is 23.0. The van der Waals surface area contributed by atoms with Gasteiger partial charge in [0.1, 0.15) is 11.4 Å². The Bertz CT molecular complexity index is 993. The molecule has 2 rings (SSSR count). The monoisotopic (exact) mass is 434 g/mol. The molecule has 0 saturated heterocycles. The van der Waals surface area contributed by atoms with Crippen LogP contribution in [0.5, 0.6) is 0 Å². The van der Waals surface area contributed by atoms with Gasteiger partial charge in [-0.15, -0.1) is 0 Å². The van der Waals surface area contributed by atoms with Crippen LogP contribution < -0.4 is 10.6 Å². The van der Waals surface area contributed by atoms with Gasteiger partial charge in [-0.05, 0) is 29.8 Å². The lowest BCUT2D eigenvalue weighted by Crippen LogP contribution is -2.35. The summed E-state index contributed by atoms with van der Waals surface area (Å²) in [7, 11) is -1.29. The summed E-state index contributed by atoms with van der Waals surface area (Å²) in [5, 5.41) is 5.03. The second-order valence-corrected chi connectivity index (χ2v) is 8.27. The van der Waals surface area contributed by atoms with E-state index in [4.69, 9.17) is 0 Å². The molecular weight excluding hydrogens is 412 g/mol. The van der Waals surface area contributed by atoms with Crippen molar-refractivity contribution in [3.63, 3.8) is 0 Å². The molecule has 2 N–H and O–H groups in total. The van der Waals surface area contributed by atoms with E-state index in [0.29, 0.717) is 11.3 Å². The number of anilines is 1. The Labute approximate surface area is 174 Å². The van der Waals surface area contributed by atoms with Crippen molar-refractivity contribution in [2.75, 3.05) is 32.6 Å². The van der Waals surface area contributed by atoms with E-state index in [-0.39, 0.29) is 30.3 Å². The Balaban J connectivity index is 1.88. The van der Waals surface area contributed by atoms with Gasteiger partial charge in [0.25, 0.3) is 0 Å². The van der Waals surface area contributed by atoms with Gasteiger partial charge in [0.05, 0.1) is 20.1 Å². The van der Waals surface area contributed by atoms with Gasteiger partial charge >= 0.3 is 5.97 Å². The molecule has 0 bridgehead atoms. The minimum atomic E-state index is -3.83. The summed E-state index contributed by atoms with van der Waals surface area (Å²) >= 11 is 0. The van der Waals surface area contributed by atoms with Gasteiger partial charge in [0.2, 0.25) is 21.8 Å². The highest BCUT2D eigenvalue weighted by Crippen LogP contribution is 2.13. The molecule has 11 heteroatoms. The van der Waals surface area contributed by atoms with Crippen LogP contribution in [0.1, 0.15) is 5.56 Å². The minimum Gasteiger partial charge on any atom is -0.468 e. The fraction of sp³-hybridized carbons (Fsp3) is 0.263. The van der Waals surface area contributed by atoms with Crippen LogP contribution in [0, 0.1) is 0 Å². The van der Waals surface area contributed by atoms with Gasteiger partial charge in [0, 0.05) is 25.1 Å². The molecule has 1 heterocycles. The standard InChI is InChI=1S/C19H22N4O6S/c1-23(30(27,28)16-4-3-9-20-11-16)13-18(25)22-15-7-5-14(6-8-15)10-17(24)21-12-19(26)29-2/h3-9,11H,10,12-13H2,1-2H3,(H,21,24)(H,22,25). The molecule has 2 aromatic rings. The lowest BCUT2D eigenvalue weighted by atomic mass is 10.1. The molecule has 0 spiro atoms. The van der Waals surface area contributed by atoms with E-state index in [1.807, 2.05) is 0 Å². The van der Waals surface area contributed by atoms with Crippen LogP contribution >= 0.6 is 0 Å². The summed E-state index contributed by atoms with van der Waals surface area (Å²) < 4.78 is 30.2. The zero-order valence-electron chi connectivity index (χ0n) is 16.5. The second-order valence-electron chi connectivity index (χ2n) is 6.22. The number of sulfonamides is 1. The topological polar surface area (TPSA) is 135 Å². The highest BCUT2D eigenvalue weighted by atomic mass is 32.2. The first-order valence-electron chi connectivity index (χ1n) is 8.81. The predicted molar refractivity (Wildman–Crippen MR) is 108 cm³/mol. The number of carbonyl (C=O) groups excluding carboxylic acids is 3. The summed E-state index contributed by atoms with van der Waals surface area (Å²) in [6, 6.07) is 9.37. The summed E-state index contributed by atoms with van der Waals surface area (Å²) in [5.74, 6) is -1.41. The van der Waals surface area contributed by atoms with Gasteiger partial charge in [-0.1, -0.05) is 12.1 Å². The number of hydrogen-bond acceptors (Lipinski definition) is 7. The first-order chi connectivity index (χ1) is 14.2. The number of pyridine rings is 1. The third kappa shape index (κ3) is 6.64. The number of nitrogens with one attached hydrogen (secondary N) is 2. The maximum absolute atomic E-state index is 12.4. The average Bonchev–Trinajstić information content (AvgIpc) is 2.73. The molecule has 0 aliphatic rings. The van der Waals surface area contributed by atoms with E-state index >= 15 is 0 Å². The fourth-order valence-corrected chi connectivity index (χ4v) is 3.46. The molecule has 0 aliphatic heterocycles. The zero-order chi connectivity index (χ0) is 22.1. The molecule has 1 aromatic heterocycles. The highest BCUT2D eigenvalue weighted by molar-refractivity contribution is 7.89. The van der Waals surface area contributed by atoms with E-state index in [2.05, 4.69) is 20.4 Å². The lowest BCUT2D eigenvalue weighted by Gasteiger charge is -2.16. The van der Waals surface area contributed by atoms with Crippen molar-refractivity contribution in [2.45, 2.75) is 11.3 Å². The summed E-state index contributed by atoms with van der Waals surface area (Å²) in [6.07, 6.45) is 2.72. The van der Waals surface area contributed by atoms with Gasteiger partial charge < -0.3 is 15.4 Å². The molecule has 2 amide bonds. The van der Waals surface area contributed by atoms with Crippen LogP contribution in [0.3, 0.4) is 0 Å². The second kappa shape index (κ2) is 10.5. The third-order valence-corrected chi connectivity index (χ3v) is 5.76. The number of hydrogen-bond donors (Lipinski definition) is 2. The summed E-state index contributed by atoms with van der Waals surface area (Å²) in [4.78, 5) is 38.8. The van der Waals surface area contributed by atoms with Gasteiger partial charge in [-0.2, -0.15) is 4.31 Å². The third-order valence-electron chi connectivity index (χ3n) is 3.97. The first-order valence-corrected chi connectivity index (χ1v) is 10.2. The Kier molecular flexibility index (Phi) is 8.01. The van der Waals surface area contributed by atoms with Crippen LogP contribution in [0.4, 0.5) is 5.69 Å². The number of rotatable bonds is 9. The maximum Gasteiger partial charge on any atom is 0.325 e. The molecule has 30 heavy (non-hydrogen) atoms. The Morgan fingerprint density at radius 3 is 2.40 bits per heavy atom. The molecule has 0 radical (unpaired) electrons. The smallest absolute Gasteiger partial charge is 0.325 e. The molecule has 1 aromatic carbocycles. The van der Waals surface area contributed by atoms with E-state index in [1.165, 1.54) is 38.7 Å². The summed E-state index contributed by atoms with van der Waals surface area (Å²) in [5.41, 5.74) is 1.12. The van der Waals surface area contributed by atoms with Crippen LogP contribution in [0.2, 0.25) is 0 Å². The number of likely N-dealkylation sites (N-methyl/N-ethyl adjacent to an activating group) is 1. The van der Waals surface area contributed by atoms with Crippen molar-refractivity contribution in [2.24, 2.45) is 0 Å². The molecule has 0 saturated carbocycles. The average molecular weight is 434 g/mol. The molecule has 0 unspecified atom stereocenters. The number of esters is 1. The maximum atomic E-state index is 12.4. The van der Waals surface area contributed by atoms with Crippen molar-refractivity contribution >= 4 is 33.5 Å². The Morgan fingerprint density at radius 1 is 1.10 bits per heavy atom. The molecule has 10 nitrogen and oxygen atoms in total. The number of methoxy groups -OCH3 is 1. The predicted octanol–water partition coefficient (Wildman–Crippen LogP) is 0.173. The molecular formula is C19H22N4O6S. The number of benzene rings is 1. The highest BCUT2D eigenvalue weighted by Gasteiger charge is 2.23. The minimum absolute atomic E-state index is 0.00451. The quantitative estimate of drug-likeness (QED) is 0.537. The van der Waals surface area contributed by atoms with Crippen LogP contribution in [0.25, 0.3) is 0 Å². The van der Waals surface area contributed by atoms with Gasteiger partial charge in [0.15, 0.2) is 0 Å². The molecule has 0 atom stereocenters.